The van der Waals surface area contributed by atoms with Crippen LogP contribution in [-0.4, -0.2) is 32.8 Å². The van der Waals surface area contributed by atoms with Crippen LogP contribution in [0.4, 0.5) is 11.4 Å². The lowest BCUT2D eigenvalue weighted by Crippen LogP contribution is -2.17. The molecule has 0 atom stereocenters. The number of hydrogen-bond donors (Lipinski definition) is 2. The summed E-state index contributed by atoms with van der Waals surface area (Å²) in [5.74, 6) is 1.01. The fourth-order valence-corrected chi connectivity index (χ4v) is 3.63. The van der Waals surface area contributed by atoms with Crippen molar-refractivity contribution in [3.05, 3.63) is 72.0 Å². The zero-order chi connectivity index (χ0) is 23.7. The predicted octanol–water partition coefficient (Wildman–Crippen LogP) is 4.68. The molecule has 2 N–H and O–H groups in total. The van der Waals surface area contributed by atoms with Crippen molar-refractivity contribution in [3.8, 4) is 23.0 Å². The topological polar surface area (TPSA) is 108 Å². The first-order valence-electron chi connectivity index (χ1n) is 10.3. The number of para-hydroxylation sites is 1. The molecule has 1 aliphatic rings. The third kappa shape index (κ3) is 3.83. The lowest BCUT2D eigenvalue weighted by Gasteiger charge is -2.12. The Hall–Kier alpha value is -4.66. The van der Waals surface area contributed by atoms with Crippen LogP contribution in [0.15, 0.2) is 65.1 Å². The molecule has 0 unspecified atom stereocenters. The van der Waals surface area contributed by atoms with Gasteiger partial charge in [0, 0.05) is 17.0 Å². The summed E-state index contributed by atoms with van der Waals surface area (Å²) in [6, 6.07) is 16.9. The number of fused-ring (bicyclic) bond motifs is 2. The van der Waals surface area contributed by atoms with Crippen LogP contribution in [0.5, 0.6) is 23.0 Å². The van der Waals surface area contributed by atoms with Crippen molar-refractivity contribution in [2.75, 3.05) is 31.6 Å². The van der Waals surface area contributed by atoms with E-state index in [1.807, 2.05) is 0 Å². The summed E-state index contributed by atoms with van der Waals surface area (Å²) < 4.78 is 27.0. The molecule has 0 fully saturated rings. The SMILES string of the molecule is COc1ccc(NC(=O)c2oc3ccccc3c2NC(=O)c2ccc3c(c2)OCO3)c(OC)c1. The first kappa shape index (κ1) is 21.2. The molecule has 0 saturated carbocycles. The standard InChI is InChI=1S/C25H20N2O7/c1-30-15-8-9-17(20(12-15)31-2)26-25(29)23-22(16-5-3-4-6-18(16)34-23)27-24(28)14-7-10-19-21(11-14)33-13-32-19/h3-12H,13H2,1-2H3,(H,26,29)(H,27,28). The van der Waals surface area contributed by atoms with Gasteiger partial charge in [0.1, 0.15) is 22.8 Å². The maximum Gasteiger partial charge on any atom is 0.293 e. The largest absolute Gasteiger partial charge is 0.497 e. The van der Waals surface area contributed by atoms with Gasteiger partial charge in [0.2, 0.25) is 12.6 Å². The van der Waals surface area contributed by atoms with E-state index in [-0.39, 0.29) is 18.2 Å². The van der Waals surface area contributed by atoms with Crippen molar-refractivity contribution >= 4 is 34.2 Å². The number of nitrogens with one attached hydrogen (secondary N) is 2. The molecule has 1 aromatic heterocycles. The van der Waals surface area contributed by atoms with Crippen LogP contribution in [-0.2, 0) is 0 Å². The van der Waals surface area contributed by atoms with E-state index in [2.05, 4.69) is 10.6 Å². The monoisotopic (exact) mass is 460 g/mol. The van der Waals surface area contributed by atoms with Gasteiger partial charge in [-0.3, -0.25) is 9.59 Å². The Morgan fingerprint density at radius 3 is 2.50 bits per heavy atom. The second-order valence-electron chi connectivity index (χ2n) is 7.34. The summed E-state index contributed by atoms with van der Waals surface area (Å²) >= 11 is 0. The Bertz CT molecular complexity index is 1410. The first-order chi connectivity index (χ1) is 16.6. The number of furan rings is 1. The second-order valence-corrected chi connectivity index (χ2v) is 7.34. The van der Waals surface area contributed by atoms with Crippen LogP contribution in [0.25, 0.3) is 11.0 Å². The number of rotatable bonds is 6. The van der Waals surface area contributed by atoms with Gasteiger partial charge in [-0.05, 0) is 42.5 Å². The number of methoxy groups -OCH3 is 2. The quantitative estimate of drug-likeness (QED) is 0.430. The molecule has 2 amide bonds. The maximum atomic E-state index is 13.2. The van der Waals surface area contributed by atoms with Gasteiger partial charge < -0.3 is 34.0 Å². The summed E-state index contributed by atoms with van der Waals surface area (Å²) in [4.78, 5) is 26.3. The third-order valence-corrected chi connectivity index (χ3v) is 5.33. The fraction of sp³-hybridized carbons (Fsp3) is 0.120. The van der Waals surface area contributed by atoms with Gasteiger partial charge in [0.05, 0.1) is 19.9 Å². The van der Waals surface area contributed by atoms with E-state index in [0.717, 1.165) is 0 Å². The summed E-state index contributed by atoms with van der Waals surface area (Å²) in [5.41, 5.74) is 1.47. The number of benzene rings is 3. The molecule has 3 aromatic carbocycles. The zero-order valence-electron chi connectivity index (χ0n) is 18.3. The van der Waals surface area contributed by atoms with E-state index in [9.17, 15) is 9.59 Å². The van der Waals surface area contributed by atoms with Gasteiger partial charge in [0.25, 0.3) is 11.8 Å². The van der Waals surface area contributed by atoms with Crippen molar-refractivity contribution in [2.24, 2.45) is 0 Å². The average Bonchev–Trinajstić information content (AvgIpc) is 3.48. The van der Waals surface area contributed by atoms with Crippen LogP contribution in [0.3, 0.4) is 0 Å². The van der Waals surface area contributed by atoms with Crippen LogP contribution in [0, 0.1) is 0 Å². The van der Waals surface area contributed by atoms with E-state index in [4.69, 9.17) is 23.4 Å². The molecule has 4 aromatic rings. The number of carbonyl (C=O) groups excluding carboxylic acids is 2. The highest BCUT2D eigenvalue weighted by Crippen LogP contribution is 2.35. The fourth-order valence-electron chi connectivity index (χ4n) is 3.63. The van der Waals surface area contributed by atoms with Crippen LogP contribution < -0.4 is 29.6 Å². The van der Waals surface area contributed by atoms with Crippen molar-refractivity contribution in [1.82, 2.24) is 0 Å². The summed E-state index contributed by atoms with van der Waals surface area (Å²) in [5, 5.41) is 6.18. The van der Waals surface area contributed by atoms with Gasteiger partial charge in [0.15, 0.2) is 11.5 Å². The van der Waals surface area contributed by atoms with E-state index >= 15 is 0 Å². The molecule has 0 radical (unpaired) electrons. The molecule has 2 heterocycles. The Labute approximate surface area is 194 Å². The summed E-state index contributed by atoms with van der Waals surface area (Å²) in [6.07, 6.45) is 0. The summed E-state index contributed by atoms with van der Waals surface area (Å²) in [6.45, 7) is 0.103. The lowest BCUT2D eigenvalue weighted by molar-refractivity contribution is 0.0999. The van der Waals surface area contributed by atoms with Crippen molar-refractivity contribution < 1.29 is 33.0 Å². The summed E-state index contributed by atoms with van der Waals surface area (Å²) in [7, 11) is 3.03. The number of ether oxygens (including phenoxy) is 4. The Kier molecular flexibility index (Phi) is 5.43. The number of carbonyl (C=O) groups is 2. The van der Waals surface area contributed by atoms with Crippen LogP contribution in [0.2, 0.25) is 0 Å². The van der Waals surface area contributed by atoms with Crippen molar-refractivity contribution in [3.63, 3.8) is 0 Å². The number of amides is 2. The molecular formula is C25H20N2O7. The molecule has 0 aliphatic carbocycles. The molecule has 0 spiro atoms. The second kappa shape index (κ2) is 8.70. The van der Waals surface area contributed by atoms with Gasteiger partial charge in [-0.2, -0.15) is 0 Å². The molecular weight excluding hydrogens is 440 g/mol. The molecule has 0 saturated heterocycles. The molecule has 9 nitrogen and oxygen atoms in total. The van der Waals surface area contributed by atoms with Gasteiger partial charge in [-0.1, -0.05) is 12.1 Å². The zero-order valence-corrected chi connectivity index (χ0v) is 18.3. The normalized spacial score (nSPS) is 11.8. The maximum absolute atomic E-state index is 13.2. The van der Waals surface area contributed by atoms with Crippen molar-refractivity contribution in [2.45, 2.75) is 0 Å². The van der Waals surface area contributed by atoms with E-state index in [0.29, 0.717) is 45.2 Å². The van der Waals surface area contributed by atoms with Crippen LogP contribution >= 0.6 is 0 Å². The molecule has 5 rings (SSSR count). The smallest absolute Gasteiger partial charge is 0.293 e. The Balaban J connectivity index is 1.48. The molecule has 9 heteroatoms. The molecule has 1 aliphatic heterocycles. The molecule has 0 bridgehead atoms. The Morgan fingerprint density at radius 1 is 0.853 bits per heavy atom. The first-order valence-corrected chi connectivity index (χ1v) is 10.3. The van der Waals surface area contributed by atoms with Gasteiger partial charge in [-0.25, -0.2) is 0 Å². The number of anilines is 2. The average molecular weight is 460 g/mol. The van der Waals surface area contributed by atoms with Crippen molar-refractivity contribution in [1.29, 1.82) is 0 Å². The minimum Gasteiger partial charge on any atom is -0.497 e. The minimum absolute atomic E-state index is 0.0480. The molecule has 34 heavy (non-hydrogen) atoms. The number of hydrogen-bond acceptors (Lipinski definition) is 7. The molecule has 172 valence electrons. The Morgan fingerprint density at radius 2 is 1.68 bits per heavy atom. The van der Waals surface area contributed by atoms with Gasteiger partial charge in [-0.15, -0.1) is 0 Å². The minimum atomic E-state index is -0.555. The van der Waals surface area contributed by atoms with E-state index < -0.39 is 11.8 Å². The lowest BCUT2D eigenvalue weighted by atomic mass is 10.1. The third-order valence-electron chi connectivity index (χ3n) is 5.33. The highest BCUT2D eigenvalue weighted by molar-refractivity contribution is 6.17. The highest BCUT2D eigenvalue weighted by atomic mass is 16.7. The van der Waals surface area contributed by atoms with Gasteiger partial charge >= 0.3 is 0 Å². The van der Waals surface area contributed by atoms with Crippen LogP contribution in [0.1, 0.15) is 20.9 Å². The van der Waals surface area contributed by atoms with E-state index in [1.54, 1.807) is 60.7 Å². The van der Waals surface area contributed by atoms with E-state index in [1.165, 1.54) is 14.2 Å². The predicted molar refractivity (Wildman–Crippen MR) is 124 cm³/mol. The highest BCUT2D eigenvalue weighted by Gasteiger charge is 2.24.